The number of amides is 2. The molecular weight excluding hydrogens is 266 g/mol. The van der Waals surface area contributed by atoms with Gasteiger partial charge in [-0.25, -0.2) is 0 Å². The van der Waals surface area contributed by atoms with Gasteiger partial charge < -0.3 is 4.90 Å². The molecule has 0 aromatic rings. The standard InChI is InChI=1S/C16H19N3O2/c1-18-6-4-16(9-17,5-7-18)19-14(20)12-10-2-3-11(8-10)13(12)15(19)21/h2-3,10-13H,4-8H2,1H3. The van der Waals surface area contributed by atoms with Gasteiger partial charge in [0.1, 0.15) is 5.54 Å². The fourth-order valence-corrected chi connectivity index (χ4v) is 4.70. The molecule has 0 radical (unpaired) electrons. The molecule has 5 heteroatoms. The maximum Gasteiger partial charge on any atom is 0.235 e. The van der Waals surface area contributed by atoms with Crippen LogP contribution in [0.5, 0.6) is 0 Å². The molecule has 3 fully saturated rings. The maximum atomic E-state index is 12.8. The van der Waals surface area contributed by atoms with E-state index in [9.17, 15) is 14.9 Å². The predicted molar refractivity (Wildman–Crippen MR) is 74.6 cm³/mol. The predicted octanol–water partition coefficient (Wildman–Crippen LogP) is 0.781. The van der Waals surface area contributed by atoms with Crippen LogP contribution in [0.2, 0.25) is 0 Å². The Bertz CT molecular complexity index is 553. The fraction of sp³-hybridized carbons (Fsp3) is 0.688. The van der Waals surface area contributed by atoms with Crippen LogP contribution in [0.25, 0.3) is 0 Å². The summed E-state index contributed by atoms with van der Waals surface area (Å²) in [7, 11) is 2.01. The highest BCUT2D eigenvalue weighted by Gasteiger charge is 2.63. The Balaban J connectivity index is 1.69. The topological polar surface area (TPSA) is 64.4 Å². The second-order valence-corrected chi connectivity index (χ2v) is 6.96. The summed E-state index contributed by atoms with van der Waals surface area (Å²) in [5, 5.41) is 9.70. The van der Waals surface area contributed by atoms with Crippen LogP contribution in [0.15, 0.2) is 12.2 Å². The third kappa shape index (κ3) is 1.54. The van der Waals surface area contributed by atoms with E-state index in [4.69, 9.17) is 0 Å². The fourth-order valence-electron chi connectivity index (χ4n) is 4.70. The average Bonchev–Trinajstić information content (AvgIpc) is 3.15. The van der Waals surface area contributed by atoms with Crippen molar-refractivity contribution in [3.63, 3.8) is 0 Å². The first-order valence-electron chi connectivity index (χ1n) is 7.73. The molecule has 110 valence electrons. The van der Waals surface area contributed by atoms with Gasteiger partial charge in [-0.05, 0) is 38.1 Å². The molecule has 1 saturated carbocycles. The number of piperidine rings is 1. The number of allylic oxidation sites excluding steroid dienone is 2. The van der Waals surface area contributed by atoms with Gasteiger partial charge in [0, 0.05) is 13.1 Å². The van der Waals surface area contributed by atoms with Crippen LogP contribution in [0.1, 0.15) is 19.3 Å². The van der Waals surface area contributed by atoms with Crippen molar-refractivity contribution in [3.05, 3.63) is 12.2 Å². The van der Waals surface area contributed by atoms with Gasteiger partial charge in [-0.1, -0.05) is 12.2 Å². The SMILES string of the molecule is CN1CCC(C#N)(N2C(=O)C3C4C=CC(C4)C3C2=O)CC1. The van der Waals surface area contributed by atoms with E-state index in [0.29, 0.717) is 12.8 Å². The first-order chi connectivity index (χ1) is 10.1. The molecule has 5 nitrogen and oxygen atoms in total. The number of carbonyl (C=O) groups is 2. The van der Waals surface area contributed by atoms with Gasteiger partial charge in [-0.2, -0.15) is 5.26 Å². The van der Waals surface area contributed by atoms with Gasteiger partial charge in [0.15, 0.2) is 0 Å². The molecule has 0 aromatic heterocycles. The molecule has 0 N–H and O–H groups in total. The Morgan fingerprint density at radius 1 is 1.14 bits per heavy atom. The minimum Gasteiger partial charge on any atom is -0.306 e. The summed E-state index contributed by atoms with van der Waals surface area (Å²) < 4.78 is 0. The second-order valence-electron chi connectivity index (χ2n) is 6.96. The number of hydrogen-bond acceptors (Lipinski definition) is 4. The van der Waals surface area contributed by atoms with Gasteiger partial charge in [0.25, 0.3) is 0 Å². The quantitative estimate of drug-likeness (QED) is 0.527. The van der Waals surface area contributed by atoms with Gasteiger partial charge >= 0.3 is 0 Å². The molecule has 4 unspecified atom stereocenters. The molecule has 2 bridgehead atoms. The molecule has 2 aliphatic carbocycles. The zero-order valence-electron chi connectivity index (χ0n) is 12.2. The number of imide groups is 1. The molecule has 2 amide bonds. The number of nitriles is 1. The highest BCUT2D eigenvalue weighted by atomic mass is 16.2. The number of hydrogen-bond donors (Lipinski definition) is 0. The minimum atomic E-state index is -0.912. The normalized spacial score (nSPS) is 40.7. The van der Waals surface area contributed by atoms with Gasteiger partial charge in [0.05, 0.1) is 17.9 Å². The lowest BCUT2D eigenvalue weighted by Gasteiger charge is -2.41. The van der Waals surface area contributed by atoms with Crippen molar-refractivity contribution in [2.24, 2.45) is 23.7 Å². The Hall–Kier alpha value is -1.67. The second kappa shape index (κ2) is 4.17. The number of likely N-dealkylation sites (tertiary alicyclic amines) is 2. The first-order valence-corrected chi connectivity index (χ1v) is 7.73. The van der Waals surface area contributed by atoms with E-state index in [2.05, 4.69) is 23.1 Å². The molecule has 0 aromatic carbocycles. The average molecular weight is 285 g/mol. The lowest BCUT2D eigenvalue weighted by atomic mass is 9.85. The summed E-state index contributed by atoms with van der Waals surface area (Å²) in [4.78, 5) is 29.2. The Morgan fingerprint density at radius 2 is 1.67 bits per heavy atom. The lowest BCUT2D eigenvalue weighted by molar-refractivity contribution is -0.147. The van der Waals surface area contributed by atoms with E-state index >= 15 is 0 Å². The van der Waals surface area contributed by atoms with Crippen LogP contribution in [0.4, 0.5) is 0 Å². The highest BCUT2D eigenvalue weighted by Crippen LogP contribution is 2.54. The van der Waals surface area contributed by atoms with Gasteiger partial charge in [0.2, 0.25) is 11.8 Å². The molecule has 2 heterocycles. The smallest absolute Gasteiger partial charge is 0.235 e. The largest absolute Gasteiger partial charge is 0.306 e. The van der Waals surface area contributed by atoms with E-state index in [1.807, 2.05) is 7.05 Å². The van der Waals surface area contributed by atoms with Crippen molar-refractivity contribution in [2.75, 3.05) is 20.1 Å². The summed E-state index contributed by atoms with van der Waals surface area (Å²) in [5.74, 6) is -0.150. The number of rotatable bonds is 1. The van der Waals surface area contributed by atoms with Crippen molar-refractivity contribution in [2.45, 2.75) is 24.8 Å². The molecule has 4 atom stereocenters. The van der Waals surface area contributed by atoms with Crippen molar-refractivity contribution < 1.29 is 9.59 Å². The highest BCUT2D eigenvalue weighted by molar-refractivity contribution is 6.07. The maximum absolute atomic E-state index is 12.8. The van der Waals surface area contributed by atoms with Crippen molar-refractivity contribution in [1.29, 1.82) is 5.26 Å². The zero-order chi connectivity index (χ0) is 14.8. The summed E-state index contributed by atoms with van der Waals surface area (Å²) in [6.07, 6.45) is 6.25. The number of nitrogens with zero attached hydrogens (tertiary/aromatic N) is 3. The third-order valence-corrected chi connectivity index (χ3v) is 5.92. The van der Waals surface area contributed by atoms with E-state index in [1.54, 1.807) is 0 Å². The van der Waals surface area contributed by atoms with E-state index in [-0.39, 0.29) is 35.5 Å². The molecule has 4 aliphatic rings. The van der Waals surface area contributed by atoms with E-state index in [0.717, 1.165) is 19.5 Å². The Morgan fingerprint density at radius 3 is 2.14 bits per heavy atom. The third-order valence-electron chi connectivity index (χ3n) is 5.92. The minimum absolute atomic E-state index is 0.0899. The van der Waals surface area contributed by atoms with Crippen LogP contribution in [-0.4, -0.2) is 47.3 Å². The summed E-state index contributed by atoms with van der Waals surface area (Å²) in [5.41, 5.74) is -0.912. The zero-order valence-corrected chi connectivity index (χ0v) is 12.2. The van der Waals surface area contributed by atoms with Crippen molar-refractivity contribution in [1.82, 2.24) is 9.80 Å². The van der Waals surface area contributed by atoms with Crippen LogP contribution in [0.3, 0.4) is 0 Å². The first kappa shape index (κ1) is 13.0. The monoisotopic (exact) mass is 285 g/mol. The van der Waals surface area contributed by atoms with E-state index < -0.39 is 5.54 Å². The van der Waals surface area contributed by atoms with Gasteiger partial charge in [-0.15, -0.1) is 0 Å². The molecule has 4 rings (SSSR count). The van der Waals surface area contributed by atoms with Crippen LogP contribution in [-0.2, 0) is 9.59 Å². The van der Waals surface area contributed by atoms with Crippen LogP contribution < -0.4 is 0 Å². The number of fused-ring (bicyclic) bond motifs is 5. The molecule has 2 aliphatic heterocycles. The van der Waals surface area contributed by atoms with Crippen molar-refractivity contribution in [3.8, 4) is 6.07 Å². The Kier molecular flexibility index (Phi) is 2.59. The van der Waals surface area contributed by atoms with E-state index in [1.165, 1.54) is 4.90 Å². The summed E-state index contributed by atoms with van der Waals surface area (Å²) in [6.45, 7) is 1.51. The molecule has 21 heavy (non-hydrogen) atoms. The van der Waals surface area contributed by atoms with Crippen molar-refractivity contribution >= 4 is 11.8 Å². The summed E-state index contributed by atoms with van der Waals surface area (Å²) in [6, 6.07) is 2.32. The molecular formula is C16H19N3O2. The van der Waals surface area contributed by atoms with Crippen LogP contribution >= 0.6 is 0 Å². The summed E-state index contributed by atoms with van der Waals surface area (Å²) >= 11 is 0. The molecule has 0 spiro atoms. The van der Waals surface area contributed by atoms with Crippen LogP contribution in [0, 0.1) is 35.0 Å². The lowest BCUT2D eigenvalue weighted by Crippen LogP contribution is -2.57. The Labute approximate surface area is 124 Å². The van der Waals surface area contributed by atoms with Gasteiger partial charge in [-0.3, -0.25) is 14.5 Å². The molecule has 2 saturated heterocycles. The number of carbonyl (C=O) groups excluding carboxylic acids is 2.